The van der Waals surface area contributed by atoms with Gasteiger partial charge in [-0.05, 0) is 31.5 Å². The molecule has 1 heterocycles. The van der Waals surface area contributed by atoms with E-state index in [-0.39, 0.29) is 0 Å². The van der Waals surface area contributed by atoms with Gasteiger partial charge in [-0.15, -0.1) is 0 Å². The first kappa shape index (κ1) is 11.4. The lowest BCUT2D eigenvalue weighted by Crippen LogP contribution is -2.33. The van der Waals surface area contributed by atoms with Crippen LogP contribution >= 0.6 is 11.6 Å². The number of fused-ring (bicyclic) bond motifs is 1. The summed E-state index contributed by atoms with van der Waals surface area (Å²) in [6.07, 6.45) is 1.83. The normalized spacial score (nSPS) is 15.2. The monoisotopic (exact) mass is 238 g/mol. The average molecular weight is 239 g/mol. The van der Waals surface area contributed by atoms with Gasteiger partial charge in [0.25, 0.3) is 0 Å². The molecular formula is C12H15ClN2O. The Morgan fingerprint density at radius 3 is 2.94 bits per heavy atom. The predicted octanol–water partition coefficient (Wildman–Crippen LogP) is 3.46. The molecule has 0 radical (unpaired) electrons. The number of hydrogen-bond acceptors (Lipinski definition) is 3. The lowest BCUT2D eigenvalue weighted by molar-refractivity contribution is 0.342. The molecule has 1 atom stereocenters. The average Bonchev–Trinajstić information content (AvgIpc) is 2.61. The van der Waals surface area contributed by atoms with Gasteiger partial charge in [0.2, 0.25) is 5.89 Å². The van der Waals surface area contributed by atoms with Crippen LogP contribution in [-0.4, -0.2) is 4.98 Å². The molecule has 86 valence electrons. The van der Waals surface area contributed by atoms with Gasteiger partial charge in [0.05, 0.1) is 5.54 Å². The quantitative estimate of drug-likeness (QED) is 0.891. The van der Waals surface area contributed by atoms with E-state index in [2.05, 4.69) is 11.9 Å². The van der Waals surface area contributed by atoms with Gasteiger partial charge in [-0.3, -0.25) is 0 Å². The Bertz CT molecular complexity index is 505. The van der Waals surface area contributed by atoms with E-state index in [4.69, 9.17) is 21.8 Å². The fourth-order valence-corrected chi connectivity index (χ4v) is 1.94. The van der Waals surface area contributed by atoms with Crippen molar-refractivity contribution in [3.8, 4) is 0 Å². The Morgan fingerprint density at radius 2 is 2.25 bits per heavy atom. The summed E-state index contributed by atoms with van der Waals surface area (Å²) in [5, 5.41) is 0.654. The van der Waals surface area contributed by atoms with E-state index in [0.717, 1.165) is 23.9 Å². The van der Waals surface area contributed by atoms with Crippen LogP contribution < -0.4 is 5.73 Å². The molecule has 0 bridgehead atoms. The van der Waals surface area contributed by atoms with Crippen LogP contribution in [0.1, 0.15) is 32.6 Å². The number of hydrogen-bond donors (Lipinski definition) is 1. The maximum atomic E-state index is 6.16. The summed E-state index contributed by atoms with van der Waals surface area (Å²) in [5.41, 5.74) is 7.14. The van der Waals surface area contributed by atoms with Crippen LogP contribution in [0.3, 0.4) is 0 Å². The number of nitrogens with zero attached hydrogens (tertiary/aromatic N) is 1. The highest BCUT2D eigenvalue weighted by Crippen LogP contribution is 2.27. The Morgan fingerprint density at radius 1 is 1.50 bits per heavy atom. The highest BCUT2D eigenvalue weighted by Gasteiger charge is 2.26. The van der Waals surface area contributed by atoms with Crippen molar-refractivity contribution in [1.82, 2.24) is 4.98 Å². The minimum atomic E-state index is -0.514. The number of nitrogens with two attached hydrogens (primary N) is 1. The summed E-state index contributed by atoms with van der Waals surface area (Å²) in [5.74, 6) is 0.576. The van der Waals surface area contributed by atoms with Gasteiger partial charge in [0, 0.05) is 5.02 Å². The maximum absolute atomic E-state index is 6.16. The zero-order valence-corrected chi connectivity index (χ0v) is 10.2. The molecule has 0 fully saturated rings. The van der Waals surface area contributed by atoms with Gasteiger partial charge < -0.3 is 10.2 Å². The number of benzene rings is 1. The van der Waals surface area contributed by atoms with Gasteiger partial charge in [-0.1, -0.05) is 24.9 Å². The summed E-state index contributed by atoms with van der Waals surface area (Å²) < 4.78 is 5.65. The van der Waals surface area contributed by atoms with E-state index < -0.39 is 5.54 Å². The van der Waals surface area contributed by atoms with E-state index in [9.17, 15) is 0 Å². The number of aromatic nitrogens is 1. The Balaban J connectivity index is 2.46. The molecule has 0 spiro atoms. The molecule has 2 aromatic rings. The van der Waals surface area contributed by atoms with Crippen molar-refractivity contribution >= 4 is 22.7 Å². The number of oxazole rings is 1. The third-order valence-electron chi connectivity index (χ3n) is 2.61. The van der Waals surface area contributed by atoms with E-state index in [1.807, 2.05) is 13.0 Å². The molecule has 0 aliphatic carbocycles. The summed E-state index contributed by atoms with van der Waals surface area (Å²) >= 11 is 5.89. The van der Waals surface area contributed by atoms with Crippen LogP contribution in [0, 0.1) is 0 Å². The molecule has 0 aliphatic rings. The molecule has 2 rings (SSSR count). The first-order valence-electron chi connectivity index (χ1n) is 5.38. The maximum Gasteiger partial charge on any atom is 0.215 e. The summed E-state index contributed by atoms with van der Waals surface area (Å²) in [7, 11) is 0. The first-order valence-corrected chi connectivity index (χ1v) is 5.76. The molecule has 4 heteroatoms. The molecular weight excluding hydrogens is 224 g/mol. The molecule has 1 unspecified atom stereocenters. The molecule has 0 amide bonds. The zero-order chi connectivity index (χ0) is 11.8. The Labute approximate surface area is 99.6 Å². The third-order valence-corrected chi connectivity index (χ3v) is 2.84. The van der Waals surface area contributed by atoms with Crippen LogP contribution in [0.25, 0.3) is 11.1 Å². The van der Waals surface area contributed by atoms with Gasteiger partial charge in [-0.2, -0.15) is 0 Å². The second-order valence-corrected chi connectivity index (χ2v) is 4.73. The van der Waals surface area contributed by atoms with Gasteiger partial charge in [-0.25, -0.2) is 4.98 Å². The summed E-state index contributed by atoms with van der Waals surface area (Å²) in [6, 6.07) is 5.38. The second kappa shape index (κ2) is 4.07. The minimum Gasteiger partial charge on any atom is -0.439 e. The van der Waals surface area contributed by atoms with Crippen molar-refractivity contribution < 1.29 is 4.42 Å². The van der Waals surface area contributed by atoms with E-state index in [1.165, 1.54) is 0 Å². The van der Waals surface area contributed by atoms with Crippen LogP contribution in [0.4, 0.5) is 0 Å². The SMILES string of the molecule is CCCC(C)(N)c1nc2cc(Cl)ccc2o1. The van der Waals surface area contributed by atoms with Gasteiger partial charge in [0.15, 0.2) is 5.58 Å². The van der Waals surface area contributed by atoms with E-state index >= 15 is 0 Å². The molecule has 16 heavy (non-hydrogen) atoms. The van der Waals surface area contributed by atoms with Gasteiger partial charge in [0.1, 0.15) is 5.52 Å². The minimum absolute atomic E-state index is 0.514. The first-order chi connectivity index (χ1) is 7.53. The lowest BCUT2D eigenvalue weighted by atomic mass is 9.98. The van der Waals surface area contributed by atoms with E-state index in [0.29, 0.717) is 10.9 Å². The molecule has 2 N–H and O–H groups in total. The third kappa shape index (κ3) is 2.06. The van der Waals surface area contributed by atoms with Crippen molar-refractivity contribution in [2.75, 3.05) is 0 Å². The predicted molar refractivity (Wildman–Crippen MR) is 65.5 cm³/mol. The summed E-state index contributed by atoms with van der Waals surface area (Å²) in [4.78, 5) is 4.39. The van der Waals surface area contributed by atoms with Crippen LogP contribution in [0.15, 0.2) is 22.6 Å². The topological polar surface area (TPSA) is 52.0 Å². The molecule has 0 aliphatic heterocycles. The fraction of sp³-hybridized carbons (Fsp3) is 0.417. The Hall–Kier alpha value is -1.06. The van der Waals surface area contributed by atoms with Gasteiger partial charge >= 0.3 is 0 Å². The lowest BCUT2D eigenvalue weighted by Gasteiger charge is -2.19. The van der Waals surface area contributed by atoms with Crippen molar-refractivity contribution in [3.63, 3.8) is 0 Å². The highest BCUT2D eigenvalue weighted by molar-refractivity contribution is 6.31. The Kier molecular flexibility index (Phi) is 2.91. The molecule has 0 saturated carbocycles. The van der Waals surface area contributed by atoms with Crippen LogP contribution in [0.5, 0.6) is 0 Å². The molecule has 1 aromatic carbocycles. The van der Waals surface area contributed by atoms with Crippen molar-refractivity contribution in [3.05, 3.63) is 29.1 Å². The standard InChI is InChI=1S/C12H15ClN2O/c1-3-6-12(2,14)11-15-9-7-8(13)4-5-10(9)16-11/h4-5,7H,3,6,14H2,1-2H3. The van der Waals surface area contributed by atoms with Crippen LogP contribution in [0.2, 0.25) is 5.02 Å². The van der Waals surface area contributed by atoms with Crippen molar-refractivity contribution in [2.24, 2.45) is 5.73 Å². The largest absolute Gasteiger partial charge is 0.439 e. The smallest absolute Gasteiger partial charge is 0.215 e. The molecule has 0 saturated heterocycles. The number of halogens is 1. The van der Waals surface area contributed by atoms with Crippen LogP contribution in [-0.2, 0) is 5.54 Å². The highest BCUT2D eigenvalue weighted by atomic mass is 35.5. The second-order valence-electron chi connectivity index (χ2n) is 4.30. The van der Waals surface area contributed by atoms with E-state index in [1.54, 1.807) is 12.1 Å². The fourth-order valence-electron chi connectivity index (χ4n) is 1.77. The summed E-state index contributed by atoms with van der Waals surface area (Å²) in [6.45, 7) is 4.02. The number of rotatable bonds is 3. The van der Waals surface area contributed by atoms with Crippen molar-refractivity contribution in [2.45, 2.75) is 32.2 Å². The molecule has 3 nitrogen and oxygen atoms in total. The molecule has 1 aromatic heterocycles. The zero-order valence-electron chi connectivity index (χ0n) is 9.46. The van der Waals surface area contributed by atoms with Crippen molar-refractivity contribution in [1.29, 1.82) is 0 Å².